The molecule has 10 heteroatoms. The zero-order chi connectivity index (χ0) is 24.0. The molecule has 1 amide bonds. The summed E-state index contributed by atoms with van der Waals surface area (Å²) >= 11 is 0. The average molecular weight is 478 g/mol. The Kier molecular flexibility index (Phi) is 7.59. The number of aryl methyl sites for hydroxylation is 1. The zero-order valence-corrected chi connectivity index (χ0v) is 18.3. The Hall–Kier alpha value is -3.53. The average Bonchev–Trinajstić information content (AvgIpc) is 2.76. The highest BCUT2D eigenvalue weighted by Gasteiger charge is 2.17. The lowest BCUT2D eigenvalue weighted by Crippen LogP contribution is -2.25. The molecule has 0 aromatic heterocycles. The maximum Gasteiger partial charge on any atom is 0.387 e. The number of benzene rings is 3. The van der Waals surface area contributed by atoms with Crippen LogP contribution in [0.15, 0.2) is 71.6 Å². The number of rotatable bonds is 9. The van der Waals surface area contributed by atoms with Gasteiger partial charge in [-0.15, -0.1) is 0 Å². The number of alkyl halides is 2. The normalized spacial score (nSPS) is 11.3. The van der Waals surface area contributed by atoms with Crippen LogP contribution in [0.5, 0.6) is 5.75 Å². The summed E-state index contributed by atoms with van der Waals surface area (Å²) in [6.07, 6.45) is 0.450. The second-order valence-electron chi connectivity index (χ2n) is 7.13. The lowest BCUT2D eigenvalue weighted by atomic mass is 10.1. The molecule has 0 heterocycles. The fraction of sp³-hybridized carbons (Fsp3) is 0.174. The van der Waals surface area contributed by atoms with Gasteiger partial charge in [-0.05, 0) is 66.9 Å². The standard InChI is InChI=1S/C23H21F3N2O4S/c1-15-5-10-20(14-21(15)24)33(30,31)28-18-4-2-3-17(13-18)22(29)27-12-11-16-6-8-19(9-7-16)32-23(25)26/h2-10,13-14,23,28H,11-12H2,1H3,(H,27,29). The monoisotopic (exact) mass is 478 g/mol. The smallest absolute Gasteiger partial charge is 0.387 e. The van der Waals surface area contributed by atoms with Crippen molar-refractivity contribution in [1.82, 2.24) is 5.32 Å². The third-order valence-electron chi connectivity index (χ3n) is 4.68. The molecule has 0 aliphatic rings. The van der Waals surface area contributed by atoms with Crippen LogP contribution in [0, 0.1) is 12.7 Å². The Morgan fingerprint density at radius 1 is 1.03 bits per heavy atom. The van der Waals surface area contributed by atoms with Gasteiger partial charge in [-0.3, -0.25) is 9.52 Å². The van der Waals surface area contributed by atoms with E-state index in [1.54, 1.807) is 12.1 Å². The summed E-state index contributed by atoms with van der Waals surface area (Å²) < 4.78 is 69.8. The van der Waals surface area contributed by atoms with Crippen LogP contribution in [-0.2, 0) is 16.4 Å². The van der Waals surface area contributed by atoms with Crippen molar-refractivity contribution in [3.8, 4) is 5.75 Å². The SMILES string of the molecule is Cc1ccc(S(=O)(=O)Nc2cccc(C(=O)NCCc3ccc(OC(F)F)cc3)c2)cc1F. The Morgan fingerprint density at radius 3 is 2.42 bits per heavy atom. The molecule has 33 heavy (non-hydrogen) atoms. The molecular weight excluding hydrogens is 457 g/mol. The van der Waals surface area contributed by atoms with E-state index in [4.69, 9.17) is 0 Å². The molecule has 0 aliphatic heterocycles. The van der Waals surface area contributed by atoms with Crippen LogP contribution >= 0.6 is 0 Å². The van der Waals surface area contributed by atoms with Gasteiger partial charge in [0.2, 0.25) is 0 Å². The second kappa shape index (κ2) is 10.4. The van der Waals surface area contributed by atoms with Crippen LogP contribution in [-0.4, -0.2) is 27.5 Å². The Bertz CT molecular complexity index is 1230. The predicted molar refractivity (Wildman–Crippen MR) is 117 cm³/mol. The van der Waals surface area contributed by atoms with E-state index in [2.05, 4.69) is 14.8 Å². The van der Waals surface area contributed by atoms with Crippen LogP contribution in [0.4, 0.5) is 18.9 Å². The summed E-state index contributed by atoms with van der Waals surface area (Å²) in [5, 5.41) is 2.71. The predicted octanol–water partition coefficient (Wildman–Crippen LogP) is 4.51. The minimum absolute atomic E-state index is 0.0467. The van der Waals surface area contributed by atoms with E-state index < -0.39 is 28.4 Å². The maximum atomic E-state index is 13.7. The topological polar surface area (TPSA) is 84.5 Å². The van der Waals surface area contributed by atoms with Crippen LogP contribution < -0.4 is 14.8 Å². The molecule has 6 nitrogen and oxygen atoms in total. The van der Waals surface area contributed by atoms with E-state index in [0.717, 1.165) is 11.6 Å². The van der Waals surface area contributed by atoms with Crippen LogP contribution in [0.25, 0.3) is 0 Å². The molecule has 2 N–H and O–H groups in total. The number of hydrogen-bond acceptors (Lipinski definition) is 4. The van der Waals surface area contributed by atoms with Gasteiger partial charge in [-0.2, -0.15) is 8.78 Å². The third kappa shape index (κ3) is 6.72. The van der Waals surface area contributed by atoms with E-state index in [0.29, 0.717) is 12.0 Å². The van der Waals surface area contributed by atoms with Crippen molar-refractivity contribution in [2.45, 2.75) is 24.9 Å². The Morgan fingerprint density at radius 2 is 1.76 bits per heavy atom. The van der Waals surface area contributed by atoms with Crippen molar-refractivity contribution in [2.24, 2.45) is 0 Å². The number of ether oxygens (including phenoxy) is 1. The zero-order valence-electron chi connectivity index (χ0n) is 17.5. The van der Waals surface area contributed by atoms with E-state index in [1.165, 1.54) is 55.5 Å². The first-order valence-electron chi connectivity index (χ1n) is 9.85. The van der Waals surface area contributed by atoms with Crippen molar-refractivity contribution < 1.29 is 31.1 Å². The summed E-state index contributed by atoms with van der Waals surface area (Å²) in [7, 11) is -4.04. The van der Waals surface area contributed by atoms with Crippen molar-refractivity contribution in [3.05, 3.63) is 89.2 Å². The van der Waals surface area contributed by atoms with Crippen LogP contribution in [0.1, 0.15) is 21.5 Å². The van der Waals surface area contributed by atoms with Gasteiger partial charge in [0, 0.05) is 17.8 Å². The molecule has 0 unspecified atom stereocenters. The molecule has 3 aromatic carbocycles. The second-order valence-corrected chi connectivity index (χ2v) is 8.81. The first-order valence-corrected chi connectivity index (χ1v) is 11.3. The van der Waals surface area contributed by atoms with Crippen molar-refractivity contribution >= 4 is 21.6 Å². The van der Waals surface area contributed by atoms with Gasteiger partial charge in [-0.25, -0.2) is 12.8 Å². The number of amides is 1. The van der Waals surface area contributed by atoms with Crippen molar-refractivity contribution in [2.75, 3.05) is 11.3 Å². The lowest BCUT2D eigenvalue weighted by Gasteiger charge is -2.11. The summed E-state index contributed by atoms with van der Waals surface area (Å²) in [4.78, 5) is 12.2. The summed E-state index contributed by atoms with van der Waals surface area (Å²) in [6.45, 7) is -1.10. The molecule has 3 rings (SSSR count). The van der Waals surface area contributed by atoms with Gasteiger partial charge in [0.15, 0.2) is 0 Å². The molecular formula is C23H21F3N2O4S. The summed E-state index contributed by atoms with van der Waals surface area (Å²) in [6, 6.07) is 15.5. The van der Waals surface area contributed by atoms with Gasteiger partial charge >= 0.3 is 6.61 Å². The van der Waals surface area contributed by atoms with Gasteiger partial charge in [0.1, 0.15) is 11.6 Å². The number of nitrogens with one attached hydrogen (secondary N) is 2. The molecule has 0 radical (unpaired) electrons. The minimum Gasteiger partial charge on any atom is -0.435 e. The number of hydrogen-bond donors (Lipinski definition) is 2. The van der Waals surface area contributed by atoms with Crippen LogP contribution in [0.2, 0.25) is 0 Å². The molecule has 0 aliphatic carbocycles. The molecule has 0 saturated carbocycles. The summed E-state index contributed by atoms with van der Waals surface area (Å²) in [5.74, 6) is -1.01. The highest BCUT2D eigenvalue weighted by Crippen LogP contribution is 2.20. The van der Waals surface area contributed by atoms with Gasteiger partial charge in [0.25, 0.3) is 15.9 Å². The molecule has 174 valence electrons. The first kappa shape index (κ1) is 24.1. The third-order valence-corrected chi connectivity index (χ3v) is 6.06. The number of halogens is 3. The van der Waals surface area contributed by atoms with E-state index in [1.807, 2.05) is 0 Å². The number of anilines is 1. The van der Waals surface area contributed by atoms with Gasteiger partial charge in [-0.1, -0.05) is 24.3 Å². The largest absolute Gasteiger partial charge is 0.435 e. The quantitative estimate of drug-likeness (QED) is 0.474. The fourth-order valence-corrected chi connectivity index (χ4v) is 4.00. The van der Waals surface area contributed by atoms with Crippen molar-refractivity contribution in [3.63, 3.8) is 0 Å². The van der Waals surface area contributed by atoms with Crippen molar-refractivity contribution in [1.29, 1.82) is 0 Å². The number of carbonyl (C=O) groups is 1. The van der Waals surface area contributed by atoms with E-state index >= 15 is 0 Å². The highest BCUT2D eigenvalue weighted by atomic mass is 32.2. The number of sulfonamides is 1. The minimum atomic E-state index is -4.04. The number of carbonyl (C=O) groups excluding carboxylic acids is 1. The fourth-order valence-electron chi connectivity index (χ4n) is 2.94. The highest BCUT2D eigenvalue weighted by molar-refractivity contribution is 7.92. The van der Waals surface area contributed by atoms with E-state index in [-0.39, 0.29) is 28.4 Å². The summed E-state index contributed by atoms with van der Waals surface area (Å²) in [5.41, 5.74) is 1.51. The molecule has 0 saturated heterocycles. The molecule has 0 atom stereocenters. The first-order chi connectivity index (χ1) is 15.6. The molecule has 0 spiro atoms. The Labute approximate surface area is 189 Å². The van der Waals surface area contributed by atoms with E-state index in [9.17, 15) is 26.4 Å². The lowest BCUT2D eigenvalue weighted by molar-refractivity contribution is -0.0498. The molecule has 0 bridgehead atoms. The van der Waals surface area contributed by atoms with Gasteiger partial charge in [0.05, 0.1) is 4.90 Å². The Balaban J connectivity index is 1.59. The molecule has 3 aromatic rings. The maximum absolute atomic E-state index is 13.7. The van der Waals surface area contributed by atoms with Gasteiger partial charge < -0.3 is 10.1 Å². The molecule has 0 fully saturated rings. The van der Waals surface area contributed by atoms with Crippen LogP contribution in [0.3, 0.4) is 0 Å².